The average molecular weight is 378 g/mol. The Morgan fingerprint density at radius 1 is 1.11 bits per heavy atom. The van der Waals surface area contributed by atoms with Crippen molar-refractivity contribution in [2.24, 2.45) is 0 Å². The molecule has 6 heteroatoms. The summed E-state index contributed by atoms with van der Waals surface area (Å²) in [5, 5.41) is 2.38. The number of benzene rings is 2. The monoisotopic (exact) mass is 378 g/mol. The van der Waals surface area contributed by atoms with Crippen LogP contribution in [0.2, 0.25) is 0 Å². The van der Waals surface area contributed by atoms with Gasteiger partial charge in [0.25, 0.3) is 0 Å². The molecule has 0 aromatic heterocycles. The van der Waals surface area contributed by atoms with E-state index < -0.39 is 23.7 Å². The lowest BCUT2D eigenvalue weighted by Crippen LogP contribution is -2.51. The van der Waals surface area contributed by atoms with E-state index in [9.17, 15) is 18.0 Å². The summed E-state index contributed by atoms with van der Waals surface area (Å²) < 4.78 is 42.9. The average Bonchev–Trinajstić information content (AvgIpc) is 2.77. The van der Waals surface area contributed by atoms with Crippen molar-refractivity contribution < 1.29 is 18.0 Å². The number of fused-ring (bicyclic) bond motifs is 1. The van der Waals surface area contributed by atoms with Gasteiger partial charge in [-0.3, -0.25) is 10.2 Å². The highest BCUT2D eigenvalue weighted by Gasteiger charge is 2.53. The Bertz CT molecular complexity index is 881. The highest BCUT2D eigenvalue weighted by Crippen LogP contribution is 2.45. The van der Waals surface area contributed by atoms with Crippen LogP contribution in [0, 0.1) is 0 Å². The minimum absolute atomic E-state index is 0.0243. The van der Waals surface area contributed by atoms with E-state index in [2.05, 4.69) is 5.43 Å². The molecule has 1 saturated heterocycles. The maximum Gasteiger partial charge on any atom is 0.409 e. The molecule has 2 aromatic carbocycles. The fourth-order valence-electron chi connectivity index (χ4n) is 3.68. The van der Waals surface area contributed by atoms with Crippen molar-refractivity contribution in [1.82, 2.24) is 10.4 Å². The Morgan fingerprint density at radius 3 is 2.26 bits per heavy atom. The van der Waals surface area contributed by atoms with E-state index in [0.29, 0.717) is 5.39 Å². The summed E-state index contributed by atoms with van der Waals surface area (Å²) in [5.74, 6) is -0.398. The number of nitrogens with one attached hydrogen (secondary N) is 1. The SMILES string of the molecule is CC(C)(C)c1cc(C(N2NC(=O)CC2(C)C)C(F)(F)F)c2ccccc2c1. The molecule has 1 N–H and O–H groups in total. The van der Waals surface area contributed by atoms with Crippen LogP contribution in [0.25, 0.3) is 10.8 Å². The van der Waals surface area contributed by atoms with Crippen LogP contribution in [0.15, 0.2) is 36.4 Å². The van der Waals surface area contributed by atoms with E-state index >= 15 is 0 Å². The molecule has 1 aliphatic rings. The van der Waals surface area contributed by atoms with Crippen LogP contribution in [0.4, 0.5) is 13.2 Å². The highest BCUT2D eigenvalue weighted by molar-refractivity contribution is 5.87. The van der Waals surface area contributed by atoms with E-state index in [-0.39, 0.29) is 17.4 Å². The Labute approximate surface area is 157 Å². The summed E-state index contributed by atoms with van der Waals surface area (Å²) in [5.41, 5.74) is 2.19. The lowest BCUT2D eigenvalue weighted by Gasteiger charge is -2.38. The van der Waals surface area contributed by atoms with Crippen molar-refractivity contribution in [2.45, 2.75) is 64.2 Å². The van der Waals surface area contributed by atoms with Crippen LogP contribution in [-0.2, 0) is 10.2 Å². The minimum Gasteiger partial charge on any atom is -0.287 e. The first-order valence-corrected chi connectivity index (χ1v) is 8.99. The standard InChI is InChI=1S/C21H25F3N2O/c1-19(2,3)14-10-13-8-6-7-9-15(13)16(11-14)18(21(22,23)24)26-20(4,5)12-17(27)25-26/h6-11,18H,12H2,1-5H3,(H,25,27). The zero-order valence-corrected chi connectivity index (χ0v) is 16.2. The van der Waals surface area contributed by atoms with Gasteiger partial charge in [0.15, 0.2) is 6.04 Å². The number of alkyl halides is 3. The molecule has 0 saturated carbocycles. The zero-order valence-electron chi connectivity index (χ0n) is 16.2. The molecule has 3 rings (SSSR count). The molecule has 1 amide bonds. The molecule has 0 radical (unpaired) electrons. The maximum atomic E-state index is 14.3. The first kappa shape index (κ1) is 19.7. The fraction of sp³-hybridized carbons (Fsp3) is 0.476. The molecule has 3 nitrogen and oxygen atoms in total. The quantitative estimate of drug-likeness (QED) is 0.773. The number of amides is 1. The van der Waals surface area contributed by atoms with Gasteiger partial charge in [0.2, 0.25) is 5.91 Å². The third-order valence-electron chi connectivity index (χ3n) is 5.11. The summed E-state index contributed by atoms with van der Waals surface area (Å²) >= 11 is 0. The molecule has 27 heavy (non-hydrogen) atoms. The predicted molar refractivity (Wildman–Crippen MR) is 100 cm³/mol. The van der Waals surface area contributed by atoms with E-state index in [4.69, 9.17) is 0 Å². The number of hydrogen-bond donors (Lipinski definition) is 1. The number of nitrogens with zero attached hydrogens (tertiary/aromatic N) is 1. The Hall–Kier alpha value is -2.08. The van der Waals surface area contributed by atoms with Crippen LogP contribution in [-0.4, -0.2) is 22.6 Å². The Morgan fingerprint density at radius 2 is 1.74 bits per heavy atom. The Kier molecular flexibility index (Phi) is 4.54. The van der Waals surface area contributed by atoms with Gasteiger partial charge in [-0.15, -0.1) is 0 Å². The van der Waals surface area contributed by atoms with Crippen molar-refractivity contribution in [3.8, 4) is 0 Å². The summed E-state index contributed by atoms with van der Waals surface area (Å²) in [7, 11) is 0. The second-order valence-electron chi connectivity index (χ2n) is 8.87. The smallest absolute Gasteiger partial charge is 0.287 e. The first-order valence-electron chi connectivity index (χ1n) is 8.99. The highest BCUT2D eigenvalue weighted by atomic mass is 19.4. The molecule has 0 spiro atoms. The molecular weight excluding hydrogens is 353 g/mol. The second kappa shape index (κ2) is 6.23. The summed E-state index contributed by atoms with van der Waals surface area (Å²) in [4.78, 5) is 11.9. The molecule has 0 bridgehead atoms. The zero-order chi connectivity index (χ0) is 20.2. The van der Waals surface area contributed by atoms with Crippen molar-refractivity contribution >= 4 is 16.7 Å². The molecule has 0 aliphatic carbocycles. The summed E-state index contributed by atoms with van der Waals surface area (Å²) in [6, 6.07) is 8.76. The van der Waals surface area contributed by atoms with Crippen LogP contribution >= 0.6 is 0 Å². The van der Waals surface area contributed by atoms with Crippen LogP contribution in [0.1, 0.15) is 58.2 Å². The molecule has 146 valence electrons. The van der Waals surface area contributed by atoms with Crippen LogP contribution < -0.4 is 5.43 Å². The maximum absolute atomic E-state index is 14.3. The normalized spacial score (nSPS) is 19.3. The second-order valence-corrected chi connectivity index (χ2v) is 8.87. The van der Waals surface area contributed by atoms with E-state index in [1.54, 1.807) is 32.0 Å². The number of halogens is 3. The van der Waals surface area contributed by atoms with Gasteiger partial charge < -0.3 is 0 Å². The van der Waals surface area contributed by atoms with E-state index in [1.807, 2.05) is 39.0 Å². The van der Waals surface area contributed by atoms with Gasteiger partial charge in [-0.05, 0) is 41.2 Å². The van der Waals surface area contributed by atoms with Crippen molar-refractivity contribution in [3.63, 3.8) is 0 Å². The van der Waals surface area contributed by atoms with Crippen molar-refractivity contribution in [2.75, 3.05) is 0 Å². The number of rotatable bonds is 2. The minimum atomic E-state index is -4.55. The molecule has 1 unspecified atom stereocenters. The van der Waals surface area contributed by atoms with Gasteiger partial charge in [0.05, 0.1) is 0 Å². The molecule has 1 heterocycles. The third-order valence-corrected chi connectivity index (χ3v) is 5.11. The van der Waals surface area contributed by atoms with Gasteiger partial charge in [-0.2, -0.15) is 18.2 Å². The van der Waals surface area contributed by atoms with Gasteiger partial charge in [0, 0.05) is 12.0 Å². The molecule has 1 fully saturated rings. The number of carbonyl (C=O) groups is 1. The largest absolute Gasteiger partial charge is 0.409 e. The predicted octanol–water partition coefficient (Wildman–Crippen LogP) is 5.26. The summed E-state index contributed by atoms with van der Waals surface area (Å²) in [6.45, 7) is 9.24. The molecule has 1 aliphatic heterocycles. The van der Waals surface area contributed by atoms with Crippen molar-refractivity contribution in [1.29, 1.82) is 0 Å². The lowest BCUT2D eigenvalue weighted by molar-refractivity contribution is -0.203. The van der Waals surface area contributed by atoms with Gasteiger partial charge in [-0.1, -0.05) is 57.2 Å². The molecule has 1 atom stereocenters. The fourth-order valence-corrected chi connectivity index (χ4v) is 3.68. The van der Waals surface area contributed by atoms with Gasteiger partial charge >= 0.3 is 6.18 Å². The van der Waals surface area contributed by atoms with Crippen LogP contribution in [0.3, 0.4) is 0 Å². The van der Waals surface area contributed by atoms with Crippen LogP contribution in [0.5, 0.6) is 0 Å². The number of hydrogen-bond acceptors (Lipinski definition) is 2. The van der Waals surface area contributed by atoms with E-state index in [0.717, 1.165) is 16.0 Å². The number of carbonyl (C=O) groups excluding carboxylic acids is 1. The third kappa shape index (κ3) is 3.68. The first-order chi connectivity index (χ1) is 12.3. The topological polar surface area (TPSA) is 32.3 Å². The van der Waals surface area contributed by atoms with Gasteiger partial charge in [-0.25, -0.2) is 0 Å². The van der Waals surface area contributed by atoms with Gasteiger partial charge in [0.1, 0.15) is 0 Å². The van der Waals surface area contributed by atoms with Crippen molar-refractivity contribution in [3.05, 3.63) is 47.5 Å². The molecular formula is C21H25F3N2O. The van der Waals surface area contributed by atoms with E-state index in [1.165, 1.54) is 0 Å². The molecule has 2 aromatic rings. The summed E-state index contributed by atoms with van der Waals surface area (Å²) in [6.07, 6.45) is -4.52. The number of hydrazine groups is 1. The lowest BCUT2D eigenvalue weighted by atomic mass is 9.82. The Balaban J connectivity index is 2.30.